The minimum atomic E-state index is -0.381. The second kappa shape index (κ2) is 4.43. The van der Waals surface area contributed by atoms with E-state index < -0.39 is 0 Å². The van der Waals surface area contributed by atoms with Gasteiger partial charge >= 0.3 is 0 Å². The molecule has 0 radical (unpaired) electrons. The van der Waals surface area contributed by atoms with Gasteiger partial charge in [-0.3, -0.25) is 15.8 Å². The van der Waals surface area contributed by atoms with E-state index in [1.807, 2.05) is 0 Å². The Balaban J connectivity index is 2.40. The highest BCUT2D eigenvalue weighted by atomic mass is 32.1. The average Bonchev–Trinajstić information content (AvgIpc) is 2.75. The first-order chi connectivity index (χ1) is 7.33. The van der Waals surface area contributed by atoms with Crippen molar-refractivity contribution in [3.63, 3.8) is 0 Å². The van der Waals surface area contributed by atoms with E-state index in [1.165, 1.54) is 23.7 Å². The summed E-state index contributed by atoms with van der Waals surface area (Å²) in [5.74, 6) is 5.03. The fourth-order valence-electron chi connectivity index (χ4n) is 1.31. The lowest BCUT2D eigenvalue weighted by Crippen LogP contribution is -2.28. The zero-order chi connectivity index (χ0) is 10.7. The van der Waals surface area contributed by atoms with Crippen LogP contribution in [0.25, 0.3) is 0 Å². The Morgan fingerprint density at radius 3 is 2.87 bits per heavy atom. The number of rotatable bonds is 3. The number of halogens is 1. The minimum Gasteiger partial charge on any atom is -0.271 e. The molecule has 2 heterocycles. The molecule has 2 aromatic rings. The molecule has 0 fully saturated rings. The molecule has 4 nitrogen and oxygen atoms in total. The molecular formula is C9H9FN4S. The zero-order valence-electron chi connectivity index (χ0n) is 7.72. The third kappa shape index (κ3) is 2.01. The van der Waals surface area contributed by atoms with Crippen LogP contribution in [0.2, 0.25) is 0 Å². The number of thiazole rings is 1. The lowest BCUT2D eigenvalue weighted by molar-refractivity contribution is 0.559. The molecule has 6 heteroatoms. The molecule has 1 unspecified atom stereocenters. The third-order valence-electron chi connectivity index (χ3n) is 2.02. The maximum absolute atomic E-state index is 13.4. The van der Waals surface area contributed by atoms with Crippen molar-refractivity contribution in [2.75, 3.05) is 0 Å². The lowest BCUT2D eigenvalue weighted by Gasteiger charge is -2.14. The van der Waals surface area contributed by atoms with Gasteiger partial charge in [0.05, 0.1) is 17.7 Å². The highest BCUT2D eigenvalue weighted by Crippen LogP contribution is 2.25. The molecule has 0 saturated carbocycles. The number of aromatic nitrogens is 2. The molecule has 0 aromatic carbocycles. The van der Waals surface area contributed by atoms with Crippen LogP contribution in [0.5, 0.6) is 0 Å². The van der Waals surface area contributed by atoms with Gasteiger partial charge in [-0.15, -0.1) is 11.3 Å². The van der Waals surface area contributed by atoms with Crippen molar-refractivity contribution < 1.29 is 4.39 Å². The molecule has 0 aliphatic heterocycles. The predicted molar refractivity (Wildman–Crippen MR) is 55.5 cm³/mol. The van der Waals surface area contributed by atoms with E-state index in [-0.39, 0.29) is 11.9 Å². The second-order valence-corrected chi connectivity index (χ2v) is 3.82. The number of pyridine rings is 1. The number of hydrogen-bond donors (Lipinski definition) is 2. The van der Waals surface area contributed by atoms with Crippen molar-refractivity contribution in [3.8, 4) is 0 Å². The SMILES string of the molecule is NNC(c1cncs1)c1ccncc1F. The van der Waals surface area contributed by atoms with Gasteiger partial charge in [0.15, 0.2) is 0 Å². The monoisotopic (exact) mass is 224 g/mol. The number of nitrogens with zero attached hydrogens (tertiary/aromatic N) is 2. The molecule has 0 saturated heterocycles. The molecule has 15 heavy (non-hydrogen) atoms. The van der Waals surface area contributed by atoms with E-state index in [9.17, 15) is 4.39 Å². The van der Waals surface area contributed by atoms with Crippen LogP contribution < -0.4 is 11.3 Å². The minimum absolute atomic E-state index is 0.375. The van der Waals surface area contributed by atoms with Crippen LogP contribution in [-0.2, 0) is 0 Å². The zero-order valence-corrected chi connectivity index (χ0v) is 8.54. The van der Waals surface area contributed by atoms with Gasteiger partial charge in [-0.05, 0) is 6.07 Å². The summed E-state index contributed by atoms with van der Waals surface area (Å²) in [4.78, 5) is 8.48. The Labute approximate surface area is 90.0 Å². The van der Waals surface area contributed by atoms with Gasteiger partial charge in [-0.25, -0.2) is 9.82 Å². The molecule has 2 rings (SSSR count). The van der Waals surface area contributed by atoms with Gasteiger partial charge in [0.2, 0.25) is 0 Å². The van der Waals surface area contributed by atoms with E-state index in [1.54, 1.807) is 17.8 Å². The fraction of sp³-hybridized carbons (Fsp3) is 0.111. The first-order valence-electron chi connectivity index (χ1n) is 4.27. The van der Waals surface area contributed by atoms with Crippen molar-refractivity contribution in [2.45, 2.75) is 6.04 Å². The Morgan fingerprint density at radius 2 is 2.27 bits per heavy atom. The van der Waals surface area contributed by atoms with E-state index in [4.69, 9.17) is 5.84 Å². The molecule has 0 aliphatic carbocycles. The Kier molecular flexibility index (Phi) is 3.00. The van der Waals surface area contributed by atoms with Crippen molar-refractivity contribution in [1.82, 2.24) is 15.4 Å². The van der Waals surface area contributed by atoms with Gasteiger partial charge in [0.1, 0.15) is 5.82 Å². The molecule has 0 aliphatic rings. The van der Waals surface area contributed by atoms with Gasteiger partial charge < -0.3 is 0 Å². The van der Waals surface area contributed by atoms with E-state index in [0.29, 0.717) is 5.56 Å². The molecule has 3 N–H and O–H groups in total. The highest BCUT2D eigenvalue weighted by molar-refractivity contribution is 7.09. The van der Waals surface area contributed by atoms with Crippen molar-refractivity contribution in [2.24, 2.45) is 5.84 Å². The molecule has 2 aromatic heterocycles. The lowest BCUT2D eigenvalue weighted by atomic mass is 10.1. The summed E-state index contributed by atoms with van der Waals surface area (Å²) in [6, 6.07) is 1.22. The average molecular weight is 224 g/mol. The number of nitrogens with one attached hydrogen (secondary N) is 1. The van der Waals surface area contributed by atoms with Gasteiger partial charge in [0, 0.05) is 22.8 Å². The highest BCUT2D eigenvalue weighted by Gasteiger charge is 2.17. The molecule has 0 amide bonds. The molecule has 78 valence electrons. The summed E-state index contributed by atoms with van der Waals surface area (Å²) in [5, 5.41) is 0. The molecule has 0 bridgehead atoms. The third-order valence-corrected chi connectivity index (χ3v) is 2.86. The quantitative estimate of drug-likeness (QED) is 0.608. The van der Waals surface area contributed by atoms with Gasteiger partial charge in [0.25, 0.3) is 0 Å². The van der Waals surface area contributed by atoms with E-state index in [2.05, 4.69) is 15.4 Å². The van der Waals surface area contributed by atoms with Crippen LogP contribution in [0.3, 0.4) is 0 Å². The Hall–Kier alpha value is -1.37. The Morgan fingerprint density at radius 1 is 1.40 bits per heavy atom. The second-order valence-electron chi connectivity index (χ2n) is 2.90. The van der Waals surface area contributed by atoms with Gasteiger partial charge in [-0.2, -0.15) is 0 Å². The fourth-order valence-corrected chi connectivity index (χ4v) is 2.01. The summed E-state index contributed by atoms with van der Waals surface area (Å²) in [7, 11) is 0. The summed E-state index contributed by atoms with van der Waals surface area (Å²) in [6.45, 7) is 0. The smallest absolute Gasteiger partial charge is 0.146 e. The largest absolute Gasteiger partial charge is 0.271 e. The van der Waals surface area contributed by atoms with E-state index in [0.717, 1.165) is 4.88 Å². The topological polar surface area (TPSA) is 63.8 Å². The van der Waals surface area contributed by atoms with Crippen LogP contribution in [0.4, 0.5) is 4.39 Å². The maximum Gasteiger partial charge on any atom is 0.146 e. The summed E-state index contributed by atoms with van der Waals surface area (Å²) in [6.07, 6.45) is 4.36. The van der Waals surface area contributed by atoms with Crippen LogP contribution in [0.1, 0.15) is 16.5 Å². The summed E-state index contributed by atoms with van der Waals surface area (Å²) in [5.41, 5.74) is 4.71. The Bertz CT molecular complexity index is 431. The summed E-state index contributed by atoms with van der Waals surface area (Å²) >= 11 is 1.42. The number of hydrogen-bond acceptors (Lipinski definition) is 5. The first kappa shape index (κ1) is 10.2. The van der Waals surface area contributed by atoms with Crippen molar-refractivity contribution in [1.29, 1.82) is 0 Å². The number of hydrazine groups is 1. The van der Waals surface area contributed by atoms with Crippen LogP contribution in [-0.4, -0.2) is 9.97 Å². The van der Waals surface area contributed by atoms with Crippen LogP contribution >= 0.6 is 11.3 Å². The van der Waals surface area contributed by atoms with Gasteiger partial charge in [-0.1, -0.05) is 0 Å². The molecular weight excluding hydrogens is 215 g/mol. The van der Waals surface area contributed by atoms with Crippen LogP contribution in [0.15, 0.2) is 30.2 Å². The standard InChI is InChI=1S/C9H9FN4S/c10-7-3-12-2-1-6(7)9(14-11)8-4-13-5-15-8/h1-5,9,14H,11H2. The van der Waals surface area contributed by atoms with Crippen molar-refractivity contribution >= 4 is 11.3 Å². The normalized spacial score (nSPS) is 12.7. The molecule has 0 spiro atoms. The predicted octanol–water partition coefficient (Wildman–Crippen LogP) is 1.23. The van der Waals surface area contributed by atoms with Crippen molar-refractivity contribution in [3.05, 3.63) is 46.4 Å². The van der Waals surface area contributed by atoms with E-state index >= 15 is 0 Å². The number of nitrogens with two attached hydrogens (primary N) is 1. The summed E-state index contributed by atoms with van der Waals surface area (Å²) < 4.78 is 13.4. The molecule has 1 atom stereocenters. The maximum atomic E-state index is 13.4. The van der Waals surface area contributed by atoms with Crippen LogP contribution in [0, 0.1) is 5.82 Å². The first-order valence-corrected chi connectivity index (χ1v) is 5.15.